The van der Waals surface area contributed by atoms with Gasteiger partial charge in [-0.25, -0.2) is 4.98 Å². The van der Waals surface area contributed by atoms with Crippen molar-refractivity contribution in [3.05, 3.63) is 59.0 Å². The van der Waals surface area contributed by atoms with Gasteiger partial charge in [-0.05, 0) is 31.5 Å². The van der Waals surface area contributed by atoms with Crippen LogP contribution in [0.5, 0.6) is 0 Å². The third-order valence-corrected chi connectivity index (χ3v) is 6.52. The van der Waals surface area contributed by atoms with Gasteiger partial charge in [-0.1, -0.05) is 35.9 Å². The molecule has 0 aliphatic carbocycles. The van der Waals surface area contributed by atoms with Gasteiger partial charge in [0.1, 0.15) is 0 Å². The fourth-order valence-corrected chi connectivity index (χ4v) is 4.96. The lowest BCUT2D eigenvalue weighted by Gasteiger charge is -2.23. The average Bonchev–Trinajstić information content (AvgIpc) is 3.10. The molecule has 1 aliphatic heterocycles. The molecule has 1 unspecified atom stereocenters. The first-order valence-corrected chi connectivity index (χ1v) is 10.6. The number of thioether (sulfide) groups is 1. The number of amides is 2. The molecular weight excluding hydrogens is 390 g/mol. The topological polar surface area (TPSA) is 71.1 Å². The lowest BCUT2D eigenvalue weighted by Crippen LogP contribution is -2.32. The smallest absolute Gasteiger partial charge is 0.238 e. The van der Waals surface area contributed by atoms with Crippen LogP contribution >= 0.6 is 23.1 Å². The van der Waals surface area contributed by atoms with Crippen molar-refractivity contribution >= 4 is 45.7 Å². The molecule has 5 nitrogen and oxygen atoms in total. The molecule has 4 rings (SSSR count). The predicted octanol–water partition coefficient (Wildman–Crippen LogP) is 4.87. The van der Waals surface area contributed by atoms with Crippen molar-refractivity contribution in [3.8, 4) is 11.3 Å². The molecular formula is C21H19N3O2S2. The number of anilines is 2. The molecule has 3 aromatic rings. The number of hydrogen-bond acceptors (Lipinski definition) is 5. The molecule has 2 heterocycles. The largest absolute Gasteiger partial charge is 0.324 e. The molecule has 7 heteroatoms. The zero-order chi connectivity index (χ0) is 19.7. The number of carbonyl (C=O) groups is 2. The summed E-state index contributed by atoms with van der Waals surface area (Å²) in [5.74, 6) is -0.359. The highest BCUT2D eigenvalue weighted by atomic mass is 32.2. The van der Waals surface area contributed by atoms with Gasteiger partial charge in [0, 0.05) is 22.3 Å². The van der Waals surface area contributed by atoms with Gasteiger partial charge >= 0.3 is 0 Å². The number of benzene rings is 2. The van der Waals surface area contributed by atoms with Gasteiger partial charge in [-0.2, -0.15) is 0 Å². The Morgan fingerprint density at radius 1 is 1.21 bits per heavy atom. The van der Waals surface area contributed by atoms with Gasteiger partial charge in [0.15, 0.2) is 5.13 Å². The van der Waals surface area contributed by atoms with Gasteiger partial charge in [-0.3, -0.25) is 9.59 Å². The van der Waals surface area contributed by atoms with Crippen LogP contribution in [0.3, 0.4) is 0 Å². The molecule has 2 N–H and O–H groups in total. The van der Waals surface area contributed by atoms with Crippen molar-refractivity contribution < 1.29 is 9.59 Å². The van der Waals surface area contributed by atoms with Crippen LogP contribution in [0.15, 0.2) is 52.7 Å². The maximum absolute atomic E-state index is 12.5. The van der Waals surface area contributed by atoms with Crippen molar-refractivity contribution in [2.24, 2.45) is 0 Å². The summed E-state index contributed by atoms with van der Waals surface area (Å²) < 4.78 is 0. The predicted molar refractivity (Wildman–Crippen MR) is 115 cm³/mol. The number of para-hydroxylation sites is 1. The van der Waals surface area contributed by atoms with E-state index in [0.717, 1.165) is 27.4 Å². The molecule has 0 fully saturated rings. The Morgan fingerprint density at radius 3 is 2.86 bits per heavy atom. The minimum absolute atomic E-state index is 0.101. The van der Waals surface area contributed by atoms with E-state index in [1.807, 2.05) is 35.7 Å². The summed E-state index contributed by atoms with van der Waals surface area (Å²) in [4.78, 5) is 30.2. The summed E-state index contributed by atoms with van der Waals surface area (Å²) in [7, 11) is 0. The van der Waals surface area contributed by atoms with E-state index in [1.54, 1.807) is 0 Å². The third-order valence-electron chi connectivity index (χ3n) is 4.49. The Balaban J connectivity index is 1.42. The van der Waals surface area contributed by atoms with E-state index in [4.69, 9.17) is 0 Å². The maximum Gasteiger partial charge on any atom is 0.238 e. The van der Waals surface area contributed by atoms with E-state index in [9.17, 15) is 9.59 Å². The fraction of sp³-hybridized carbons (Fsp3) is 0.190. The first kappa shape index (κ1) is 18.7. The van der Waals surface area contributed by atoms with Gasteiger partial charge in [0.25, 0.3) is 0 Å². The first-order chi connectivity index (χ1) is 13.5. The second-order valence-electron chi connectivity index (χ2n) is 6.70. The Kier molecular flexibility index (Phi) is 5.19. The summed E-state index contributed by atoms with van der Waals surface area (Å²) >= 11 is 2.81. The number of nitrogens with zero attached hydrogens (tertiary/aromatic N) is 1. The van der Waals surface area contributed by atoms with E-state index < -0.39 is 5.25 Å². The summed E-state index contributed by atoms with van der Waals surface area (Å²) in [6, 6.07) is 13.8. The summed E-state index contributed by atoms with van der Waals surface area (Å²) in [6.45, 7) is 4.11. The first-order valence-electron chi connectivity index (χ1n) is 8.89. The number of aryl methyl sites for hydroxylation is 2. The minimum atomic E-state index is -0.450. The zero-order valence-corrected chi connectivity index (χ0v) is 17.1. The van der Waals surface area contributed by atoms with Crippen LogP contribution in [0, 0.1) is 13.8 Å². The molecule has 2 aromatic carbocycles. The van der Waals surface area contributed by atoms with Crippen LogP contribution in [-0.2, 0) is 9.59 Å². The van der Waals surface area contributed by atoms with Crippen molar-refractivity contribution in [2.45, 2.75) is 30.4 Å². The molecule has 2 amide bonds. The monoisotopic (exact) mass is 409 g/mol. The average molecular weight is 410 g/mol. The highest BCUT2D eigenvalue weighted by Gasteiger charge is 2.29. The van der Waals surface area contributed by atoms with Gasteiger partial charge in [0.05, 0.1) is 16.6 Å². The minimum Gasteiger partial charge on any atom is -0.324 e. The highest BCUT2D eigenvalue weighted by Crippen LogP contribution is 2.37. The van der Waals surface area contributed by atoms with Crippen molar-refractivity contribution in [1.29, 1.82) is 0 Å². The summed E-state index contributed by atoms with van der Waals surface area (Å²) in [5.41, 5.74) is 5.05. The summed E-state index contributed by atoms with van der Waals surface area (Å²) in [6.07, 6.45) is 0.101. The molecule has 0 spiro atoms. The zero-order valence-electron chi connectivity index (χ0n) is 15.5. The molecule has 0 saturated carbocycles. The van der Waals surface area contributed by atoms with Gasteiger partial charge in [0.2, 0.25) is 11.8 Å². The number of carbonyl (C=O) groups excluding carboxylic acids is 2. The Bertz CT molecular complexity index is 1060. The van der Waals surface area contributed by atoms with Crippen LogP contribution in [0.2, 0.25) is 0 Å². The standard InChI is InChI=1S/C21H19N3O2S2/c1-12-7-8-14(13(2)9-12)16-11-27-21(23-16)24-19(25)10-18-20(26)22-15-5-3-4-6-17(15)28-18/h3-9,11,18H,10H2,1-2H3,(H,22,26)(H,23,24,25). The quantitative estimate of drug-likeness (QED) is 0.645. The number of nitrogens with one attached hydrogen (secondary N) is 2. The Labute approximate surface area is 171 Å². The second kappa shape index (κ2) is 7.77. The van der Waals surface area contributed by atoms with E-state index in [1.165, 1.54) is 28.7 Å². The molecule has 0 saturated heterocycles. The van der Waals surface area contributed by atoms with Crippen molar-refractivity contribution in [3.63, 3.8) is 0 Å². The van der Waals surface area contributed by atoms with Crippen molar-refractivity contribution in [1.82, 2.24) is 4.98 Å². The van der Waals surface area contributed by atoms with E-state index >= 15 is 0 Å². The van der Waals surface area contributed by atoms with E-state index in [0.29, 0.717) is 5.13 Å². The summed E-state index contributed by atoms with van der Waals surface area (Å²) in [5, 5.41) is 7.72. The lowest BCUT2D eigenvalue weighted by atomic mass is 10.0. The van der Waals surface area contributed by atoms with E-state index in [-0.39, 0.29) is 18.2 Å². The normalized spacial score (nSPS) is 15.6. The van der Waals surface area contributed by atoms with Crippen LogP contribution in [-0.4, -0.2) is 22.0 Å². The number of thiazole rings is 1. The molecule has 1 aliphatic rings. The molecule has 0 radical (unpaired) electrons. The maximum atomic E-state index is 12.5. The number of aromatic nitrogens is 1. The molecule has 1 atom stereocenters. The van der Waals surface area contributed by atoms with Crippen LogP contribution < -0.4 is 10.6 Å². The van der Waals surface area contributed by atoms with Crippen molar-refractivity contribution in [2.75, 3.05) is 10.6 Å². The van der Waals surface area contributed by atoms with E-state index in [2.05, 4.69) is 41.6 Å². The molecule has 28 heavy (non-hydrogen) atoms. The number of hydrogen-bond donors (Lipinski definition) is 2. The molecule has 142 valence electrons. The fourth-order valence-electron chi connectivity index (χ4n) is 3.12. The highest BCUT2D eigenvalue weighted by molar-refractivity contribution is 8.01. The van der Waals surface area contributed by atoms with Crippen LogP contribution in [0.4, 0.5) is 10.8 Å². The molecule has 0 bridgehead atoms. The number of fused-ring (bicyclic) bond motifs is 1. The Hall–Kier alpha value is -2.64. The lowest BCUT2D eigenvalue weighted by molar-refractivity contribution is -0.120. The van der Waals surface area contributed by atoms with Gasteiger partial charge in [-0.15, -0.1) is 23.1 Å². The Morgan fingerprint density at radius 2 is 2.04 bits per heavy atom. The van der Waals surface area contributed by atoms with Crippen LogP contribution in [0.1, 0.15) is 17.5 Å². The van der Waals surface area contributed by atoms with Crippen LogP contribution in [0.25, 0.3) is 11.3 Å². The molecule has 1 aromatic heterocycles. The number of rotatable bonds is 4. The second-order valence-corrected chi connectivity index (χ2v) is 8.80. The SMILES string of the molecule is Cc1ccc(-c2csc(NC(=O)CC3Sc4ccccc4NC3=O)n2)c(C)c1. The van der Waals surface area contributed by atoms with Gasteiger partial charge < -0.3 is 10.6 Å². The third kappa shape index (κ3) is 3.95.